The summed E-state index contributed by atoms with van der Waals surface area (Å²) in [7, 11) is 0. The van der Waals surface area contributed by atoms with E-state index >= 15 is 0 Å². The minimum atomic E-state index is -0.116. The predicted octanol–water partition coefficient (Wildman–Crippen LogP) is 3.64. The smallest absolute Gasteiger partial charge is 0.125 e. The maximum atomic E-state index is 13.7. The maximum Gasteiger partial charge on any atom is 0.125 e. The van der Waals surface area contributed by atoms with Crippen molar-refractivity contribution in [1.29, 1.82) is 0 Å². The van der Waals surface area contributed by atoms with Gasteiger partial charge in [0, 0.05) is 24.3 Å². The summed E-state index contributed by atoms with van der Waals surface area (Å²) in [5, 5.41) is 3.79. The standard InChI is InChI=1S/C17H25FN2/c1-14-10-15(18)12-16(11-14)20-9-5-8-19-17(13-20)6-3-2-4-7-17/h10-12,19H,2-9,13H2,1H3. The molecule has 3 rings (SSSR count). The van der Waals surface area contributed by atoms with Gasteiger partial charge in [0.25, 0.3) is 0 Å². The predicted molar refractivity (Wildman–Crippen MR) is 81.8 cm³/mol. The second kappa shape index (κ2) is 5.72. The van der Waals surface area contributed by atoms with Crippen LogP contribution in [0.2, 0.25) is 0 Å². The van der Waals surface area contributed by atoms with Gasteiger partial charge in [0.05, 0.1) is 0 Å². The van der Waals surface area contributed by atoms with E-state index in [1.165, 1.54) is 32.1 Å². The fraction of sp³-hybridized carbons (Fsp3) is 0.647. The molecule has 2 nitrogen and oxygen atoms in total. The first-order chi connectivity index (χ1) is 9.67. The van der Waals surface area contributed by atoms with Crippen LogP contribution in [0.25, 0.3) is 0 Å². The van der Waals surface area contributed by atoms with Gasteiger partial charge in [0.1, 0.15) is 5.82 Å². The fourth-order valence-electron chi connectivity index (χ4n) is 3.81. The van der Waals surface area contributed by atoms with Crippen LogP contribution in [0.5, 0.6) is 0 Å². The minimum Gasteiger partial charge on any atom is -0.370 e. The Labute approximate surface area is 121 Å². The van der Waals surface area contributed by atoms with Gasteiger partial charge >= 0.3 is 0 Å². The van der Waals surface area contributed by atoms with Crippen molar-refractivity contribution in [3.63, 3.8) is 0 Å². The number of rotatable bonds is 1. The number of benzene rings is 1. The van der Waals surface area contributed by atoms with Gasteiger partial charge < -0.3 is 10.2 Å². The summed E-state index contributed by atoms with van der Waals surface area (Å²) in [4.78, 5) is 2.39. The molecule has 3 heteroatoms. The van der Waals surface area contributed by atoms with Crippen molar-refractivity contribution in [2.24, 2.45) is 0 Å². The monoisotopic (exact) mass is 276 g/mol. The van der Waals surface area contributed by atoms with Crippen LogP contribution >= 0.6 is 0 Å². The van der Waals surface area contributed by atoms with E-state index in [2.05, 4.69) is 16.3 Å². The average molecular weight is 276 g/mol. The van der Waals surface area contributed by atoms with Crippen molar-refractivity contribution >= 4 is 5.69 Å². The number of hydrogen-bond acceptors (Lipinski definition) is 2. The molecule has 1 aromatic rings. The zero-order valence-corrected chi connectivity index (χ0v) is 12.4. The van der Waals surface area contributed by atoms with Crippen molar-refractivity contribution in [3.05, 3.63) is 29.6 Å². The zero-order valence-electron chi connectivity index (χ0n) is 12.4. The Morgan fingerprint density at radius 1 is 1.10 bits per heavy atom. The molecular weight excluding hydrogens is 251 g/mol. The Balaban J connectivity index is 1.84. The topological polar surface area (TPSA) is 15.3 Å². The Morgan fingerprint density at radius 2 is 1.90 bits per heavy atom. The number of hydrogen-bond donors (Lipinski definition) is 1. The third kappa shape index (κ3) is 2.98. The molecule has 0 bridgehead atoms. The number of aryl methyl sites for hydroxylation is 1. The van der Waals surface area contributed by atoms with Crippen LogP contribution in [0.4, 0.5) is 10.1 Å². The SMILES string of the molecule is Cc1cc(F)cc(N2CCCNC3(CCCCC3)C2)c1. The summed E-state index contributed by atoms with van der Waals surface area (Å²) in [6, 6.07) is 5.41. The van der Waals surface area contributed by atoms with Crippen molar-refractivity contribution in [3.8, 4) is 0 Å². The van der Waals surface area contributed by atoms with Gasteiger partial charge in [-0.15, -0.1) is 0 Å². The van der Waals surface area contributed by atoms with Crippen molar-refractivity contribution in [1.82, 2.24) is 5.32 Å². The van der Waals surface area contributed by atoms with Gasteiger partial charge in [-0.1, -0.05) is 19.3 Å². The van der Waals surface area contributed by atoms with Crippen LogP contribution < -0.4 is 10.2 Å². The Bertz CT molecular complexity index is 446. The molecule has 110 valence electrons. The highest BCUT2D eigenvalue weighted by Crippen LogP contribution is 2.32. The first-order valence-corrected chi connectivity index (χ1v) is 7.94. The second-order valence-electron chi connectivity index (χ2n) is 6.53. The number of nitrogens with one attached hydrogen (secondary N) is 1. The molecule has 0 unspecified atom stereocenters. The normalized spacial score (nSPS) is 22.8. The van der Waals surface area contributed by atoms with E-state index in [1.807, 2.05) is 6.92 Å². The third-order valence-electron chi connectivity index (χ3n) is 4.80. The number of halogens is 1. The molecule has 0 aromatic heterocycles. The van der Waals surface area contributed by atoms with E-state index < -0.39 is 0 Å². The van der Waals surface area contributed by atoms with Gasteiger partial charge in [-0.05, 0) is 56.5 Å². The molecule has 0 amide bonds. The Kier molecular flexibility index (Phi) is 3.97. The van der Waals surface area contributed by atoms with Gasteiger partial charge in [-0.3, -0.25) is 0 Å². The van der Waals surface area contributed by atoms with Crippen LogP contribution in [-0.2, 0) is 0 Å². The summed E-state index contributed by atoms with van der Waals surface area (Å²) >= 11 is 0. The van der Waals surface area contributed by atoms with Crippen molar-refractivity contribution < 1.29 is 4.39 Å². The molecule has 1 heterocycles. The van der Waals surface area contributed by atoms with E-state index in [0.29, 0.717) is 0 Å². The highest BCUT2D eigenvalue weighted by Gasteiger charge is 2.35. The quantitative estimate of drug-likeness (QED) is 0.842. The largest absolute Gasteiger partial charge is 0.370 e. The molecule has 2 aliphatic rings. The molecule has 0 atom stereocenters. The van der Waals surface area contributed by atoms with Crippen LogP contribution in [0, 0.1) is 12.7 Å². The lowest BCUT2D eigenvalue weighted by Crippen LogP contribution is -2.52. The molecule has 1 aromatic carbocycles. The summed E-state index contributed by atoms with van der Waals surface area (Å²) in [5.74, 6) is -0.116. The van der Waals surface area contributed by atoms with E-state index in [4.69, 9.17) is 0 Å². The molecule has 20 heavy (non-hydrogen) atoms. The van der Waals surface area contributed by atoms with E-state index in [1.54, 1.807) is 12.1 Å². The highest BCUT2D eigenvalue weighted by molar-refractivity contribution is 5.49. The fourth-order valence-corrected chi connectivity index (χ4v) is 3.81. The second-order valence-corrected chi connectivity index (χ2v) is 6.53. The molecule has 1 aliphatic carbocycles. The molecule has 2 fully saturated rings. The van der Waals surface area contributed by atoms with Gasteiger partial charge in [0.2, 0.25) is 0 Å². The Morgan fingerprint density at radius 3 is 2.65 bits per heavy atom. The molecule has 1 aliphatic heterocycles. The molecule has 1 saturated carbocycles. The first-order valence-electron chi connectivity index (χ1n) is 7.94. The van der Waals surface area contributed by atoms with Gasteiger partial charge in [-0.2, -0.15) is 0 Å². The summed E-state index contributed by atoms with van der Waals surface area (Å²) in [6.07, 6.45) is 7.67. The van der Waals surface area contributed by atoms with E-state index in [0.717, 1.165) is 37.3 Å². The Hall–Kier alpha value is -1.09. The maximum absolute atomic E-state index is 13.7. The van der Waals surface area contributed by atoms with Crippen LogP contribution in [0.15, 0.2) is 18.2 Å². The molecule has 1 saturated heterocycles. The highest BCUT2D eigenvalue weighted by atomic mass is 19.1. The third-order valence-corrected chi connectivity index (χ3v) is 4.80. The molecule has 0 radical (unpaired) electrons. The van der Waals surface area contributed by atoms with Gasteiger partial charge in [-0.25, -0.2) is 4.39 Å². The minimum absolute atomic E-state index is 0.116. The van der Waals surface area contributed by atoms with Crippen LogP contribution in [0.1, 0.15) is 44.1 Å². The van der Waals surface area contributed by atoms with E-state index in [9.17, 15) is 4.39 Å². The van der Waals surface area contributed by atoms with Crippen molar-refractivity contribution in [2.75, 3.05) is 24.5 Å². The molecule has 1 spiro atoms. The summed E-state index contributed by atoms with van der Waals surface area (Å²) in [5.41, 5.74) is 2.32. The number of nitrogens with zero attached hydrogens (tertiary/aromatic N) is 1. The summed E-state index contributed by atoms with van der Waals surface area (Å²) in [6.45, 7) is 5.11. The molecular formula is C17H25FN2. The van der Waals surface area contributed by atoms with Crippen LogP contribution in [-0.4, -0.2) is 25.2 Å². The van der Waals surface area contributed by atoms with Gasteiger partial charge in [0.15, 0.2) is 0 Å². The van der Waals surface area contributed by atoms with Crippen molar-refractivity contribution in [2.45, 2.75) is 51.0 Å². The lowest BCUT2D eigenvalue weighted by molar-refractivity contribution is 0.246. The molecule has 1 N–H and O–H groups in total. The zero-order chi connectivity index (χ0) is 14.0. The first kappa shape index (κ1) is 13.9. The lowest BCUT2D eigenvalue weighted by Gasteiger charge is -2.40. The van der Waals surface area contributed by atoms with Crippen LogP contribution in [0.3, 0.4) is 0 Å². The van der Waals surface area contributed by atoms with E-state index in [-0.39, 0.29) is 11.4 Å². The summed E-state index contributed by atoms with van der Waals surface area (Å²) < 4.78 is 13.7. The average Bonchev–Trinajstić information content (AvgIpc) is 2.62. The lowest BCUT2D eigenvalue weighted by atomic mass is 9.81. The number of anilines is 1.